The molecular weight excluding hydrogens is 408 g/mol. The van der Waals surface area contributed by atoms with Crippen molar-refractivity contribution in [1.82, 2.24) is 0 Å². The number of nitrogens with zero attached hydrogens (tertiary/aromatic N) is 1. The molecule has 1 fully saturated rings. The molecule has 2 heterocycles. The third kappa shape index (κ3) is 3.62. The van der Waals surface area contributed by atoms with Crippen LogP contribution >= 0.6 is 0 Å². The third-order valence-electron chi connectivity index (χ3n) is 5.15. The molecule has 6 N–H and O–H groups in total. The first-order valence-electron chi connectivity index (χ1n) is 9.38. The van der Waals surface area contributed by atoms with Gasteiger partial charge in [0.25, 0.3) is 0 Å². The van der Waals surface area contributed by atoms with Gasteiger partial charge < -0.3 is 35.6 Å². The molecule has 0 saturated carbocycles. The molecule has 0 radical (unpaired) electrons. The average molecular weight is 428 g/mol. The van der Waals surface area contributed by atoms with E-state index in [2.05, 4.69) is 0 Å². The van der Waals surface area contributed by atoms with Crippen molar-refractivity contribution in [2.24, 2.45) is 5.73 Å². The Labute approximate surface area is 176 Å². The third-order valence-corrected chi connectivity index (χ3v) is 5.15. The van der Waals surface area contributed by atoms with Crippen molar-refractivity contribution in [2.75, 3.05) is 4.90 Å². The molecule has 162 valence electrons. The molecule has 2 aromatic rings. The first-order chi connectivity index (χ1) is 14.8. The Bertz CT molecular complexity index is 1060. The maximum atomic E-state index is 12.3. The summed E-state index contributed by atoms with van der Waals surface area (Å²) in [6.45, 7) is 0. The molecular formula is C21H20N2O8. The number of ether oxygens (including phenoxy) is 2. The zero-order valence-corrected chi connectivity index (χ0v) is 16.0. The highest BCUT2D eigenvalue weighted by Crippen LogP contribution is 2.41. The van der Waals surface area contributed by atoms with Gasteiger partial charge in [-0.25, -0.2) is 9.59 Å². The van der Waals surface area contributed by atoms with E-state index in [1.54, 1.807) is 54.6 Å². The number of hydrogen-bond donors (Lipinski definition) is 5. The molecule has 2 aromatic carbocycles. The molecule has 0 aromatic heterocycles. The number of carbonyl (C=O) groups is 2. The highest BCUT2D eigenvalue weighted by molar-refractivity contribution is 6.06. The quantitative estimate of drug-likeness (QED) is 0.475. The first kappa shape index (κ1) is 20.8. The summed E-state index contributed by atoms with van der Waals surface area (Å²) in [7, 11) is 0. The monoisotopic (exact) mass is 428 g/mol. The molecule has 31 heavy (non-hydrogen) atoms. The van der Waals surface area contributed by atoms with Gasteiger partial charge in [-0.05, 0) is 24.3 Å². The van der Waals surface area contributed by atoms with Gasteiger partial charge in [0.2, 0.25) is 6.29 Å². The van der Waals surface area contributed by atoms with Crippen LogP contribution in [0.5, 0.6) is 0 Å². The number of benzene rings is 2. The topological polar surface area (TPSA) is 163 Å². The van der Waals surface area contributed by atoms with Crippen LogP contribution in [0.1, 0.15) is 11.1 Å². The lowest BCUT2D eigenvalue weighted by atomic mass is 9.99. The second-order valence-electron chi connectivity index (χ2n) is 7.11. The van der Waals surface area contributed by atoms with E-state index in [-0.39, 0.29) is 5.76 Å². The summed E-state index contributed by atoms with van der Waals surface area (Å²) in [6, 6.07) is 12.9. The fraction of sp³-hybridized carbons (Fsp3) is 0.238. The van der Waals surface area contributed by atoms with Gasteiger partial charge >= 0.3 is 12.0 Å². The number of urea groups is 1. The van der Waals surface area contributed by atoms with Crippen LogP contribution < -0.4 is 10.6 Å². The minimum Gasteiger partial charge on any atom is -0.479 e. The van der Waals surface area contributed by atoms with Gasteiger partial charge in [-0.15, -0.1) is 0 Å². The number of amides is 2. The van der Waals surface area contributed by atoms with Crippen LogP contribution in [0.3, 0.4) is 0 Å². The molecule has 0 bridgehead atoms. The Morgan fingerprint density at radius 3 is 2.26 bits per heavy atom. The number of anilines is 2. The minimum atomic E-state index is -1.84. The molecule has 0 unspecified atom stereocenters. The van der Waals surface area contributed by atoms with Gasteiger partial charge in [0.05, 0.1) is 11.4 Å². The summed E-state index contributed by atoms with van der Waals surface area (Å²) in [4.78, 5) is 25.0. The number of primary amides is 1. The van der Waals surface area contributed by atoms with Gasteiger partial charge in [0.1, 0.15) is 24.1 Å². The van der Waals surface area contributed by atoms with Crippen LogP contribution in [0.4, 0.5) is 16.2 Å². The summed E-state index contributed by atoms with van der Waals surface area (Å²) in [6.07, 6.45) is -7.21. The zero-order chi connectivity index (χ0) is 22.3. The van der Waals surface area contributed by atoms with Crippen molar-refractivity contribution < 1.29 is 39.5 Å². The lowest BCUT2D eigenvalue weighted by molar-refractivity contribution is -0.277. The van der Waals surface area contributed by atoms with E-state index in [1.807, 2.05) is 0 Å². The predicted molar refractivity (Wildman–Crippen MR) is 108 cm³/mol. The number of para-hydroxylation sites is 2. The van der Waals surface area contributed by atoms with Crippen LogP contribution in [0.25, 0.3) is 11.8 Å². The Kier molecular flexibility index (Phi) is 5.38. The molecule has 10 nitrogen and oxygen atoms in total. The Morgan fingerprint density at radius 1 is 0.935 bits per heavy atom. The number of carbonyl (C=O) groups excluding carboxylic acids is 1. The average Bonchev–Trinajstić information content (AvgIpc) is 2.88. The van der Waals surface area contributed by atoms with E-state index in [1.165, 1.54) is 4.90 Å². The van der Waals surface area contributed by atoms with Crippen LogP contribution in [-0.2, 0) is 14.3 Å². The minimum absolute atomic E-state index is 0.142. The predicted octanol–water partition coefficient (Wildman–Crippen LogP) is 0.624. The SMILES string of the molecule is NC(=O)N1c2ccccc2C=C(O[C@@H]2O[C@H](C(=O)O)[C@@H](O)[C@H](O)[C@H]2O)c2ccccc21. The van der Waals surface area contributed by atoms with Crippen molar-refractivity contribution in [3.63, 3.8) is 0 Å². The van der Waals surface area contributed by atoms with Crippen molar-refractivity contribution in [2.45, 2.75) is 30.7 Å². The normalized spacial score (nSPS) is 27.4. The smallest absolute Gasteiger partial charge is 0.335 e. The molecule has 2 aliphatic heterocycles. The van der Waals surface area contributed by atoms with Crippen molar-refractivity contribution >= 4 is 35.2 Å². The number of fused-ring (bicyclic) bond motifs is 2. The zero-order valence-electron chi connectivity index (χ0n) is 16.0. The van der Waals surface area contributed by atoms with Gasteiger partial charge in [0, 0.05) is 11.1 Å². The van der Waals surface area contributed by atoms with Gasteiger partial charge in [0.15, 0.2) is 6.10 Å². The lowest BCUT2D eigenvalue weighted by Crippen LogP contribution is -2.60. The summed E-state index contributed by atoms with van der Waals surface area (Å²) in [5, 5.41) is 39.5. The van der Waals surface area contributed by atoms with Crippen molar-refractivity contribution in [1.29, 1.82) is 0 Å². The number of hydrogen-bond acceptors (Lipinski definition) is 7. The second-order valence-corrected chi connectivity index (χ2v) is 7.11. The molecule has 1 saturated heterocycles. The fourth-order valence-electron chi connectivity index (χ4n) is 3.65. The maximum absolute atomic E-state index is 12.3. The number of aliphatic hydroxyl groups excluding tert-OH is 3. The van der Waals surface area contributed by atoms with Crippen LogP contribution in [0.2, 0.25) is 0 Å². The molecule has 5 atom stereocenters. The van der Waals surface area contributed by atoms with E-state index in [9.17, 15) is 30.0 Å². The number of nitrogens with two attached hydrogens (primary N) is 1. The summed E-state index contributed by atoms with van der Waals surface area (Å²) in [5.41, 5.74) is 7.50. The maximum Gasteiger partial charge on any atom is 0.335 e. The number of carboxylic acid groups (broad SMARTS) is 1. The fourth-order valence-corrected chi connectivity index (χ4v) is 3.65. The van der Waals surface area contributed by atoms with Crippen molar-refractivity contribution in [3.05, 3.63) is 59.7 Å². The van der Waals surface area contributed by atoms with E-state index < -0.39 is 42.7 Å². The van der Waals surface area contributed by atoms with E-state index in [0.717, 1.165) is 0 Å². The van der Waals surface area contributed by atoms with Crippen LogP contribution in [-0.4, -0.2) is 63.1 Å². The summed E-state index contributed by atoms with van der Waals surface area (Å²) in [5.74, 6) is -1.38. The van der Waals surface area contributed by atoms with Gasteiger partial charge in [-0.3, -0.25) is 4.90 Å². The Balaban J connectivity index is 1.79. The first-order valence-corrected chi connectivity index (χ1v) is 9.38. The highest BCUT2D eigenvalue weighted by atomic mass is 16.7. The van der Waals surface area contributed by atoms with E-state index in [0.29, 0.717) is 22.5 Å². The second kappa shape index (κ2) is 8.00. The molecule has 0 aliphatic carbocycles. The summed E-state index contributed by atoms with van der Waals surface area (Å²) >= 11 is 0. The molecule has 4 rings (SSSR count). The molecule has 10 heteroatoms. The molecule has 2 amide bonds. The van der Waals surface area contributed by atoms with Crippen molar-refractivity contribution in [3.8, 4) is 0 Å². The molecule has 0 spiro atoms. The Hall–Kier alpha value is -3.44. The standard InChI is InChI=1S/C21H20N2O8/c22-21(29)23-12-7-3-1-5-10(12)9-14(11-6-2-4-8-13(11)23)30-20-17(26)15(24)16(25)18(31-20)19(27)28/h1-9,15-18,20,24-26H,(H2,22,29)(H,27,28)/t15-,16-,17+,18-,20+/m0/s1. The highest BCUT2D eigenvalue weighted by Gasteiger charge is 2.48. The largest absolute Gasteiger partial charge is 0.479 e. The molecule has 2 aliphatic rings. The van der Waals surface area contributed by atoms with Crippen LogP contribution in [0, 0.1) is 0 Å². The lowest BCUT2D eigenvalue weighted by Gasteiger charge is -2.38. The Morgan fingerprint density at radius 2 is 1.58 bits per heavy atom. The number of aliphatic hydroxyl groups is 3. The number of carboxylic acids is 1. The van der Waals surface area contributed by atoms with Gasteiger partial charge in [-0.1, -0.05) is 30.3 Å². The summed E-state index contributed by atoms with van der Waals surface area (Å²) < 4.78 is 11.0. The van der Waals surface area contributed by atoms with Gasteiger partial charge in [-0.2, -0.15) is 0 Å². The number of aliphatic carboxylic acids is 1. The van der Waals surface area contributed by atoms with E-state index in [4.69, 9.17) is 15.2 Å². The number of rotatable bonds is 3. The van der Waals surface area contributed by atoms with E-state index >= 15 is 0 Å². The van der Waals surface area contributed by atoms with Crippen LogP contribution in [0.15, 0.2) is 48.5 Å².